The second kappa shape index (κ2) is 12.4. The fourth-order valence-electron chi connectivity index (χ4n) is 8.34. The van der Waals surface area contributed by atoms with Gasteiger partial charge in [0.2, 0.25) is 5.91 Å². The van der Waals surface area contributed by atoms with E-state index in [0.717, 1.165) is 55.7 Å². The van der Waals surface area contributed by atoms with E-state index in [4.69, 9.17) is 0 Å². The smallest absolute Gasteiger partial charge is 0.257 e. The summed E-state index contributed by atoms with van der Waals surface area (Å²) in [6.45, 7) is 3.56. The van der Waals surface area contributed by atoms with E-state index in [2.05, 4.69) is 52.3 Å². The Morgan fingerprint density at radius 3 is 2.50 bits per heavy atom. The molecule has 44 heavy (non-hydrogen) atoms. The van der Waals surface area contributed by atoms with Crippen LogP contribution in [0.4, 0.5) is 15.8 Å². The number of anilines is 2. The molecule has 3 N–H and O–H groups in total. The number of likely N-dealkylation sites (tertiary alicyclic amines) is 1. The van der Waals surface area contributed by atoms with Crippen molar-refractivity contribution in [1.29, 1.82) is 0 Å². The molecule has 3 aromatic carbocycles. The topological polar surface area (TPSA) is 73.5 Å². The molecule has 1 saturated heterocycles. The fourth-order valence-corrected chi connectivity index (χ4v) is 8.34. The molecule has 3 fully saturated rings. The molecule has 0 bridgehead atoms. The number of rotatable bonds is 6. The molecule has 230 valence electrons. The van der Waals surface area contributed by atoms with E-state index in [0.29, 0.717) is 18.0 Å². The highest BCUT2D eigenvalue weighted by Crippen LogP contribution is 2.49. The zero-order valence-electron chi connectivity index (χ0n) is 25.6. The van der Waals surface area contributed by atoms with Crippen molar-refractivity contribution < 1.29 is 14.0 Å². The third kappa shape index (κ3) is 5.63. The van der Waals surface area contributed by atoms with Crippen molar-refractivity contribution in [3.8, 4) is 0 Å². The molecule has 2 heterocycles. The quantitative estimate of drug-likeness (QED) is 0.284. The number of carbonyl (C=O) groups excluding carboxylic acids is 2. The summed E-state index contributed by atoms with van der Waals surface area (Å²) in [4.78, 5) is 30.7. The van der Waals surface area contributed by atoms with E-state index in [1.54, 1.807) is 19.1 Å². The summed E-state index contributed by atoms with van der Waals surface area (Å²) < 4.78 is 15.3. The van der Waals surface area contributed by atoms with Gasteiger partial charge in [-0.1, -0.05) is 49.6 Å². The lowest BCUT2D eigenvalue weighted by molar-refractivity contribution is -0.125. The predicted molar refractivity (Wildman–Crippen MR) is 172 cm³/mol. The summed E-state index contributed by atoms with van der Waals surface area (Å²) in [5.41, 5.74) is 6.04. The van der Waals surface area contributed by atoms with Crippen molar-refractivity contribution in [1.82, 2.24) is 10.2 Å². The first-order valence-electron chi connectivity index (χ1n) is 16.5. The number of halogens is 1. The molecule has 6 nitrogen and oxygen atoms in total. The number of piperidine rings is 1. The SMILES string of the molecule is Cc1cccc(F)c1C(=O)N1C2CCCC2CC(C(=O)Nc2ccc3c(c2)CCNC3)C1c1ccc(NC2CCCC2)cc1. The van der Waals surface area contributed by atoms with Gasteiger partial charge in [-0.05, 0) is 110 Å². The van der Waals surface area contributed by atoms with Crippen LogP contribution >= 0.6 is 0 Å². The lowest BCUT2D eigenvalue weighted by atomic mass is 9.76. The number of carbonyl (C=O) groups is 2. The Bertz CT molecular complexity index is 1510. The van der Waals surface area contributed by atoms with Gasteiger partial charge in [-0.3, -0.25) is 9.59 Å². The van der Waals surface area contributed by atoms with Gasteiger partial charge in [-0.15, -0.1) is 0 Å². The normalized spacial score (nSPS) is 24.9. The number of benzene rings is 3. The molecule has 4 unspecified atom stereocenters. The van der Waals surface area contributed by atoms with Gasteiger partial charge in [0.15, 0.2) is 0 Å². The molecule has 2 amide bonds. The minimum absolute atomic E-state index is 0.0249. The van der Waals surface area contributed by atoms with Gasteiger partial charge >= 0.3 is 0 Å². The van der Waals surface area contributed by atoms with Crippen molar-refractivity contribution in [3.63, 3.8) is 0 Å². The van der Waals surface area contributed by atoms with Gasteiger partial charge in [-0.25, -0.2) is 4.39 Å². The molecule has 4 atom stereocenters. The average Bonchev–Trinajstić information content (AvgIpc) is 3.72. The Labute approximate surface area is 259 Å². The second-order valence-electron chi connectivity index (χ2n) is 13.3. The summed E-state index contributed by atoms with van der Waals surface area (Å²) in [6.07, 6.45) is 9.35. The van der Waals surface area contributed by atoms with E-state index in [-0.39, 0.29) is 29.3 Å². The van der Waals surface area contributed by atoms with Gasteiger partial charge in [0.25, 0.3) is 5.91 Å². The van der Waals surface area contributed by atoms with Crippen molar-refractivity contribution in [3.05, 3.63) is 94.3 Å². The Morgan fingerprint density at radius 1 is 0.909 bits per heavy atom. The van der Waals surface area contributed by atoms with Crippen LogP contribution in [-0.2, 0) is 17.8 Å². The number of aryl methyl sites for hydroxylation is 1. The highest BCUT2D eigenvalue weighted by atomic mass is 19.1. The zero-order valence-corrected chi connectivity index (χ0v) is 25.6. The van der Waals surface area contributed by atoms with Crippen LogP contribution in [0.1, 0.15) is 90.0 Å². The Kier molecular flexibility index (Phi) is 8.15. The van der Waals surface area contributed by atoms with E-state index >= 15 is 4.39 Å². The first-order chi connectivity index (χ1) is 21.5. The standard InChI is InChI=1S/C37H43FN4O2/c1-23-6-4-10-32(38)34(23)37(44)42-33-11-5-7-26(33)21-31(36(43)41-30-17-14-27-22-39-19-18-25(27)20-30)35(42)24-12-15-29(16-13-24)40-28-8-2-3-9-28/h4,6,10,12-17,20,26,28,31,33,35,39-40H,2-3,5,7-9,11,18-19,21-22H2,1H3,(H,41,43). The maximum absolute atomic E-state index is 15.3. The first-order valence-corrected chi connectivity index (χ1v) is 16.5. The monoisotopic (exact) mass is 594 g/mol. The molecule has 0 spiro atoms. The molecule has 2 aliphatic carbocycles. The van der Waals surface area contributed by atoms with Crippen molar-refractivity contribution in [2.24, 2.45) is 11.8 Å². The molecule has 2 aliphatic heterocycles. The second-order valence-corrected chi connectivity index (χ2v) is 13.3. The summed E-state index contributed by atoms with van der Waals surface area (Å²) in [5, 5.41) is 10.3. The van der Waals surface area contributed by atoms with Crippen LogP contribution < -0.4 is 16.0 Å². The number of hydrogen-bond donors (Lipinski definition) is 3. The Hall–Kier alpha value is -3.71. The van der Waals surface area contributed by atoms with Gasteiger partial charge < -0.3 is 20.9 Å². The average molecular weight is 595 g/mol. The zero-order chi connectivity index (χ0) is 30.2. The Morgan fingerprint density at radius 2 is 1.70 bits per heavy atom. The van der Waals surface area contributed by atoms with Gasteiger partial charge in [0.1, 0.15) is 5.82 Å². The van der Waals surface area contributed by atoms with Crippen LogP contribution in [0, 0.1) is 24.6 Å². The maximum Gasteiger partial charge on any atom is 0.257 e. The van der Waals surface area contributed by atoms with E-state index in [1.165, 1.54) is 42.9 Å². The van der Waals surface area contributed by atoms with Crippen LogP contribution in [0.2, 0.25) is 0 Å². The molecule has 7 rings (SSSR count). The molecule has 0 aromatic heterocycles. The molecule has 3 aromatic rings. The summed E-state index contributed by atoms with van der Waals surface area (Å²) in [5.74, 6) is -1.15. The minimum Gasteiger partial charge on any atom is -0.382 e. The number of nitrogens with one attached hydrogen (secondary N) is 3. The van der Waals surface area contributed by atoms with Crippen LogP contribution in [0.3, 0.4) is 0 Å². The van der Waals surface area contributed by atoms with E-state index in [9.17, 15) is 9.59 Å². The third-order valence-electron chi connectivity index (χ3n) is 10.6. The fraction of sp³-hybridized carbons (Fsp3) is 0.459. The number of hydrogen-bond acceptors (Lipinski definition) is 4. The van der Waals surface area contributed by atoms with Gasteiger partial charge in [0.05, 0.1) is 17.5 Å². The maximum atomic E-state index is 15.3. The van der Waals surface area contributed by atoms with Crippen molar-refractivity contribution in [2.45, 2.75) is 89.4 Å². The van der Waals surface area contributed by atoms with E-state index < -0.39 is 17.8 Å². The molecular weight excluding hydrogens is 551 g/mol. The van der Waals surface area contributed by atoms with Crippen LogP contribution in [0.15, 0.2) is 60.7 Å². The molecule has 2 saturated carbocycles. The van der Waals surface area contributed by atoms with Crippen molar-refractivity contribution in [2.75, 3.05) is 17.2 Å². The summed E-state index contributed by atoms with van der Waals surface area (Å²) in [7, 11) is 0. The van der Waals surface area contributed by atoms with Crippen molar-refractivity contribution >= 4 is 23.2 Å². The van der Waals surface area contributed by atoms with Gasteiger partial charge in [-0.2, -0.15) is 0 Å². The highest BCUT2D eigenvalue weighted by Gasteiger charge is 2.50. The van der Waals surface area contributed by atoms with Crippen LogP contribution in [0.5, 0.6) is 0 Å². The largest absolute Gasteiger partial charge is 0.382 e. The highest BCUT2D eigenvalue weighted by molar-refractivity contribution is 5.98. The number of amides is 2. The predicted octanol–water partition coefficient (Wildman–Crippen LogP) is 7.15. The minimum atomic E-state index is -0.505. The summed E-state index contributed by atoms with van der Waals surface area (Å²) in [6, 6.07) is 19.2. The molecular formula is C37H43FN4O2. The van der Waals surface area contributed by atoms with Crippen LogP contribution in [0.25, 0.3) is 0 Å². The lowest BCUT2D eigenvalue weighted by Gasteiger charge is -2.48. The number of fused-ring (bicyclic) bond motifs is 2. The first kappa shape index (κ1) is 29.0. The molecule has 0 radical (unpaired) electrons. The van der Waals surface area contributed by atoms with Crippen LogP contribution in [-0.4, -0.2) is 35.3 Å². The summed E-state index contributed by atoms with van der Waals surface area (Å²) >= 11 is 0. The molecule has 7 heteroatoms. The molecule has 4 aliphatic rings. The Balaban J connectivity index is 1.25. The van der Waals surface area contributed by atoms with Gasteiger partial charge in [0, 0.05) is 30.0 Å². The number of nitrogens with zero attached hydrogens (tertiary/aromatic N) is 1. The van der Waals surface area contributed by atoms with E-state index in [1.807, 2.05) is 11.0 Å². The lowest BCUT2D eigenvalue weighted by Crippen LogP contribution is -2.54. The third-order valence-corrected chi connectivity index (χ3v) is 10.6.